The molecule has 1 aliphatic heterocycles. The molecule has 150 valence electrons. The number of anilines is 1. The molecule has 2 aromatic rings. The molecule has 0 aliphatic carbocycles. The molecule has 1 atom stereocenters. The van der Waals surface area contributed by atoms with Gasteiger partial charge < -0.3 is 15.4 Å². The number of imide groups is 1. The topological polar surface area (TPSA) is 114 Å². The molecule has 3 rings (SSSR count). The van der Waals surface area contributed by atoms with E-state index in [0.717, 1.165) is 10.5 Å². The normalized spacial score (nSPS) is 14.9. The number of benzene rings is 2. The molecule has 0 radical (unpaired) electrons. The third-order valence-corrected chi connectivity index (χ3v) is 5.21. The third-order valence-electron chi connectivity index (χ3n) is 4.03. The molecule has 2 aromatic carbocycles. The van der Waals surface area contributed by atoms with Crippen LogP contribution in [0.2, 0.25) is 0 Å². The van der Waals surface area contributed by atoms with Crippen LogP contribution in [-0.2, 0) is 20.9 Å². The minimum Gasteiger partial charge on any atom is -0.452 e. The molecule has 1 aliphatic rings. The number of hydrogen-bond acceptors (Lipinski definition) is 6. The first-order valence-electron chi connectivity index (χ1n) is 8.82. The fourth-order valence-corrected chi connectivity index (χ4v) is 3.47. The molecule has 1 heterocycles. The van der Waals surface area contributed by atoms with Crippen molar-refractivity contribution in [3.8, 4) is 0 Å². The summed E-state index contributed by atoms with van der Waals surface area (Å²) in [5.74, 6) is -1.63. The van der Waals surface area contributed by atoms with Gasteiger partial charge in [-0.15, -0.1) is 11.8 Å². The summed E-state index contributed by atoms with van der Waals surface area (Å²) >= 11 is 1.40. The molecule has 0 aromatic heterocycles. The average molecular weight is 413 g/mol. The zero-order valence-corrected chi connectivity index (χ0v) is 16.4. The number of ether oxygens (including phenoxy) is 1. The predicted molar refractivity (Wildman–Crippen MR) is 107 cm³/mol. The van der Waals surface area contributed by atoms with Crippen LogP contribution < -0.4 is 16.0 Å². The Bertz CT molecular complexity index is 948. The van der Waals surface area contributed by atoms with Gasteiger partial charge in [-0.1, -0.05) is 30.3 Å². The Kier molecular flexibility index (Phi) is 6.50. The highest BCUT2D eigenvalue weighted by atomic mass is 32.2. The molecule has 0 saturated heterocycles. The second-order valence-electron chi connectivity index (χ2n) is 6.25. The Hall–Kier alpha value is -3.33. The highest BCUT2D eigenvalue weighted by Crippen LogP contribution is 2.35. The number of nitrogens with one attached hydrogen (secondary N) is 3. The van der Waals surface area contributed by atoms with E-state index >= 15 is 0 Å². The van der Waals surface area contributed by atoms with E-state index in [9.17, 15) is 19.2 Å². The maximum atomic E-state index is 12.2. The lowest BCUT2D eigenvalue weighted by Gasteiger charge is -2.21. The van der Waals surface area contributed by atoms with Gasteiger partial charge in [-0.05, 0) is 30.7 Å². The maximum absolute atomic E-state index is 12.2. The Balaban J connectivity index is 1.46. The minimum absolute atomic E-state index is 0.145. The maximum Gasteiger partial charge on any atom is 0.338 e. The van der Waals surface area contributed by atoms with E-state index in [1.54, 1.807) is 19.1 Å². The van der Waals surface area contributed by atoms with E-state index in [-0.39, 0.29) is 23.3 Å². The largest absolute Gasteiger partial charge is 0.452 e. The first-order valence-corrected chi connectivity index (χ1v) is 9.70. The lowest BCUT2D eigenvalue weighted by atomic mass is 10.2. The SMILES string of the molecule is CC1Sc2ccc(C(=O)OCC(=O)NC(=O)NCc3ccccc3)cc2NC1=O. The predicted octanol–water partition coefficient (Wildman–Crippen LogP) is 2.30. The van der Waals surface area contributed by atoms with Crippen molar-refractivity contribution in [2.75, 3.05) is 11.9 Å². The van der Waals surface area contributed by atoms with Gasteiger partial charge in [0.2, 0.25) is 5.91 Å². The number of hydrogen-bond donors (Lipinski definition) is 3. The molecule has 1 unspecified atom stereocenters. The Morgan fingerprint density at radius 2 is 1.90 bits per heavy atom. The highest BCUT2D eigenvalue weighted by Gasteiger charge is 2.24. The summed E-state index contributed by atoms with van der Waals surface area (Å²) in [7, 11) is 0. The number of esters is 1. The van der Waals surface area contributed by atoms with Gasteiger partial charge in [0.15, 0.2) is 6.61 Å². The fourth-order valence-electron chi connectivity index (χ4n) is 2.54. The zero-order valence-electron chi connectivity index (χ0n) is 15.6. The fraction of sp³-hybridized carbons (Fsp3) is 0.200. The van der Waals surface area contributed by atoms with Gasteiger partial charge in [-0.2, -0.15) is 0 Å². The van der Waals surface area contributed by atoms with E-state index in [1.807, 2.05) is 30.3 Å². The summed E-state index contributed by atoms with van der Waals surface area (Å²) in [6, 6.07) is 13.3. The van der Waals surface area contributed by atoms with E-state index in [1.165, 1.54) is 17.8 Å². The van der Waals surface area contributed by atoms with Gasteiger partial charge in [0.25, 0.3) is 5.91 Å². The van der Waals surface area contributed by atoms with Crippen LogP contribution in [0.1, 0.15) is 22.8 Å². The van der Waals surface area contributed by atoms with Crippen molar-refractivity contribution in [3.05, 3.63) is 59.7 Å². The van der Waals surface area contributed by atoms with Crippen LogP contribution in [0.15, 0.2) is 53.4 Å². The zero-order chi connectivity index (χ0) is 20.8. The van der Waals surface area contributed by atoms with Crippen molar-refractivity contribution >= 4 is 41.3 Å². The second-order valence-corrected chi connectivity index (χ2v) is 7.64. The van der Waals surface area contributed by atoms with E-state index in [0.29, 0.717) is 5.69 Å². The summed E-state index contributed by atoms with van der Waals surface area (Å²) in [4.78, 5) is 48.3. The number of amides is 4. The van der Waals surface area contributed by atoms with Gasteiger partial charge in [0, 0.05) is 11.4 Å². The van der Waals surface area contributed by atoms with Crippen LogP contribution >= 0.6 is 11.8 Å². The van der Waals surface area contributed by atoms with Crippen LogP contribution in [0.5, 0.6) is 0 Å². The molecule has 4 amide bonds. The van der Waals surface area contributed by atoms with E-state index in [2.05, 4.69) is 16.0 Å². The Morgan fingerprint density at radius 1 is 1.14 bits per heavy atom. The monoisotopic (exact) mass is 413 g/mol. The number of rotatable bonds is 5. The smallest absolute Gasteiger partial charge is 0.338 e. The second kappa shape index (κ2) is 9.24. The van der Waals surface area contributed by atoms with Crippen molar-refractivity contribution in [1.29, 1.82) is 0 Å². The van der Waals surface area contributed by atoms with Gasteiger partial charge in [-0.3, -0.25) is 14.9 Å². The summed E-state index contributed by atoms with van der Waals surface area (Å²) in [5.41, 5.74) is 1.60. The quantitative estimate of drug-likeness (QED) is 0.648. The molecular formula is C20H19N3O5S. The Labute approximate surface area is 171 Å². The first-order chi connectivity index (χ1) is 13.9. The van der Waals surface area contributed by atoms with Gasteiger partial charge >= 0.3 is 12.0 Å². The van der Waals surface area contributed by atoms with Crippen LogP contribution in [0, 0.1) is 0 Å². The standard InChI is InChI=1S/C20H19N3O5S/c1-12-18(25)22-15-9-14(7-8-16(15)29-12)19(26)28-11-17(24)23-20(27)21-10-13-5-3-2-4-6-13/h2-9,12H,10-11H2,1H3,(H,22,25)(H2,21,23,24,27). The highest BCUT2D eigenvalue weighted by molar-refractivity contribution is 8.00. The summed E-state index contributed by atoms with van der Waals surface area (Å²) in [6.07, 6.45) is 0. The molecule has 29 heavy (non-hydrogen) atoms. The number of thioether (sulfide) groups is 1. The van der Waals surface area contributed by atoms with Crippen LogP contribution in [0.3, 0.4) is 0 Å². The molecule has 3 N–H and O–H groups in total. The first kappa shape index (κ1) is 20.4. The molecule has 9 heteroatoms. The number of carbonyl (C=O) groups is 4. The number of fused-ring (bicyclic) bond motifs is 1. The molecule has 0 fully saturated rings. The van der Waals surface area contributed by atoms with Crippen molar-refractivity contribution in [3.63, 3.8) is 0 Å². The van der Waals surface area contributed by atoms with Gasteiger partial charge in [0.1, 0.15) is 0 Å². The molecule has 0 bridgehead atoms. The van der Waals surface area contributed by atoms with Gasteiger partial charge in [-0.25, -0.2) is 9.59 Å². The Morgan fingerprint density at radius 3 is 2.66 bits per heavy atom. The molecule has 0 saturated carbocycles. The van der Waals surface area contributed by atoms with Crippen molar-refractivity contribution < 1.29 is 23.9 Å². The summed E-state index contributed by atoms with van der Waals surface area (Å²) in [6.45, 7) is 1.45. The third kappa shape index (κ3) is 5.58. The number of urea groups is 1. The minimum atomic E-state index is -0.750. The van der Waals surface area contributed by atoms with E-state index < -0.39 is 24.5 Å². The molecular weight excluding hydrogens is 394 g/mol. The average Bonchev–Trinajstić information content (AvgIpc) is 2.72. The van der Waals surface area contributed by atoms with Crippen LogP contribution in [-0.4, -0.2) is 35.7 Å². The van der Waals surface area contributed by atoms with Crippen molar-refractivity contribution in [1.82, 2.24) is 10.6 Å². The molecule has 0 spiro atoms. The lowest BCUT2D eigenvalue weighted by Crippen LogP contribution is -2.41. The van der Waals surface area contributed by atoms with E-state index in [4.69, 9.17) is 4.74 Å². The van der Waals surface area contributed by atoms with Crippen molar-refractivity contribution in [2.45, 2.75) is 23.6 Å². The van der Waals surface area contributed by atoms with Crippen LogP contribution in [0.4, 0.5) is 10.5 Å². The summed E-state index contributed by atoms with van der Waals surface area (Å²) < 4.78 is 4.94. The molecule has 8 nitrogen and oxygen atoms in total. The van der Waals surface area contributed by atoms with Crippen molar-refractivity contribution in [2.24, 2.45) is 0 Å². The van der Waals surface area contributed by atoms with Crippen LogP contribution in [0.25, 0.3) is 0 Å². The van der Waals surface area contributed by atoms with Gasteiger partial charge in [0.05, 0.1) is 16.5 Å². The summed E-state index contributed by atoms with van der Waals surface area (Å²) in [5, 5.41) is 7.14. The number of carbonyl (C=O) groups excluding carboxylic acids is 4. The lowest BCUT2D eigenvalue weighted by molar-refractivity contribution is -0.123.